The number of rotatable bonds is 0. The summed E-state index contributed by atoms with van der Waals surface area (Å²) in [6.07, 6.45) is 0. The van der Waals surface area contributed by atoms with Gasteiger partial charge in [0.15, 0.2) is 0 Å². The lowest BCUT2D eigenvalue weighted by molar-refractivity contribution is 0.466. The molecule has 0 spiro atoms. The maximum absolute atomic E-state index is 9.33. The molecule has 0 radical (unpaired) electrons. The van der Waals surface area contributed by atoms with Crippen LogP contribution in [0.2, 0.25) is 0 Å². The first kappa shape index (κ1) is 14.1. The van der Waals surface area contributed by atoms with Crippen molar-refractivity contribution in [3.8, 4) is 11.5 Å². The van der Waals surface area contributed by atoms with E-state index in [1.54, 1.807) is 12.1 Å². The van der Waals surface area contributed by atoms with Crippen LogP contribution in [0.15, 0.2) is 36.4 Å². The minimum absolute atomic E-state index is 0.329. The van der Waals surface area contributed by atoms with Gasteiger partial charge in [0.25, 0.3) is 0 Å². The Kier molecular flexibility index (Phi) is 4.78. The van der Waals surface area contributed by atoms with Crippen molar-refractivity contribution in [3.63, 3.8) is 0 Å². The maximum Gasteiger partial charge on any atom is 0.121 e. The number of phenolic OH excluding ortho intramolecular Hbond substituents is 2. The average Bonchev–Trinajstić information content (AvgIpc) is 2.31. The van der Waals surface area contributed by atoms with E-state index in [9.17, 15) is 5.11 Å². The van der Waals surface area contributed by atoms with Crippen molar-refractivity contribution in [2.24, 2.45) is 0 Å². The Labute approximate surface area is 109 Å². The van der Waals surface area contributed by atoms with Gasteiger partial charge in [0.2, 0.25) is 0 Å². The third-order valence-electron chi connectivity index (χ3n) is 2.67. The SMILES string of the molecule is Cc1cc(C)c(O)c(C)c1.Cc1ccc(O)cc1. The Morgan fingerprint density at radius 3 is 1.50 bits per heavy atom. The molecule has 0 heterocycles. The van der Waals surface area contributed by atoms with E-state index in [0.29, 0.717) is 11.5 Å². The van der Waals surface area contributed by atoms with Crippen LogP contribution in [0.3, 0.4) is 0 Å². The van der Waals surface area contributed by atoms with Gasteiger partial charge in [-0.3, -0.25) is 0 Å². The highest BCUT2D eigenvalue weighted by molar-refractivity contribution is 5.41. The molecule has 0 aliphatic heterocycles. The van der Waals surface area contributed by atoms with Gasteiger partial charge in [0.1, 0.15) is 11.5 Å². The van der Waals surface area contributed by atoms with E-state index in [2.05, 4.69) is 0 Å². The van der Waals surface area contributed by atoms with Gasteiger partial charge in [-0.25, -0.2) is 0 Å². The predicted octanol–water partition coefficient (Wildman–Crippen LogP) is 4.02. The molecule has 0 amide bonds. The molecular weight excluding hydrogens is 224 g/mol. The lowest BCUT2D eigenvalue weighted by atomic mass is 10.1. The zero-order chi connectivity index (χ0) is 13.7. The van der Waals surface area contributed by atoms with Gasteiger partial charge < -0.3 is 10.2 Å². The minimum atomic E-state index is 0.329. The fraction of sp³-hybridized carbons (Fsp3) is 0.250. The molecule has 0 unspecified atom stereocenters. The van der Waals surface area contributed by atoms with Crippen LogP contribution in [0.5, 0.6) is 11.5 Å². The molecule has 2 rings (SSSR count). The summed E-state index contributed by atoms with van der Waals surface area (Å²) in [4.78, 5) is 0. The van der Waals surface area contributed by atoms with E-state index in [4.69, 9.17) is 5.11 Å². The first-order valence-corrected chi connectivity index (χ1v) is 5.92. The highest BCUT2D eigenvalue weighted by atomic mass is 16.3. The lowest BCUT2D eigenvalue weighted by Crippen LogP contribution is -1.81. The second kappa shape index (κ2) is 6.10. The summed E-state index contributed by atoms with van der Waals surface area (Å²) in [5.74, 6) is 0.751. The second-order valence-electron chi connectivity index (χ2n) is 4.58. The summed E-state index contributed by atoms with van der Waals surface area (Å²) in [6.45, 7) is 7.84. The van der Waals surface area contributed by atoms with Gasteiger partial charge in [-0.2, -0.15) is 0 Å². The maximum atomic E-state index is 9.33. The number of phenols is 2. The van der Waals surface area contributed by atoms with Gasteiger partial charge >= 0.3 is 0 Å². The summed E-state index contributed by atoms with van der Waals surface area (Å²) in [5, 5.41) is 18.1. The zero-order valence-electron chi connectivity index (χ0n) is 11.4. The first-order chi connectivity index (χ1) is 8.40. The second-order valence-corrected chi connectivity index (χ2v) is 4.58. The summed E-state index contributed by atoms with van der Waals surface area (Å²) < 4.78 is 0. The number of hydrogen-bond donors (Lipinski definition) is 2. The minimum Gasteiger partial charge on any atom is -0.508 e. The van der Waals surface area contributed by atoms with Crippen LogP contribution < -0.4 is 0 Å². The van der Waals surface area contributed by atoms with Crippen LogP contribution >= 0.6 is 0 Å². The van der Waals surface area contributed by atoms with Crippen molar-refractivity contribution in [1.82, 2.24) is 0 Å². The van der Waals surface area contributed by atoms with Crippen LogP contribution in [-0.4, -0.2) is 10.2 Å². The summed E-state index contributed by atoms with van der Waals surface area (Å²) in [5.41, 5.74) is 4.28. The van der Waals surface area contributed by atoms with Gasteiger partial charge in [0.05, 0.1) is 0 Å². The Hall–Kier alpha value is -1.96. The van der Waals surface area contributed by atoms with E-state index in [0.717, 1.165) is 11.1 Å². The zero-order valence-corrected chi connectivity index (χ0v) is 11.4. The summed E-state index contributed by atoms with van der Waals surface area (Å²) >= 11 is 0. The highest BCUT2D eigenvalue weighted by Gasteiger charge is 1.98. The molecule has 0 bridgehead atoms. The topological polar surface area (TPSA) is 40.5 Å². The third-order valence-corrected chi connectivity index (χ3v) is 2.67. The van der Waals surface area contributed by atoms with Crippen LogP contribution in [0.25, 0.3) is 0 Å². The van der Waals surface area contributed by atoms with E-state index in [-0.39, 0.29) is 0 Å². The summed E-state index contributed by atoms with van der Waals surface area (Å²) in [6, 6.07) is 11.0. The van der Waals surface area contributed by atoms with Crippen molar-refractivity contribution in [2.45, 2.75) is 27.7 Å². The molecule has 2 heteroatoms. The number of aromatic hydroxyl groups is 2. The number of hydrogen-bond acceptors (Lipinski definition) is 2. The van der Waals surface area contributed by atoms with E-state index < -0.39 is 0 Å². The smallest absolute Gasteiger partial charge is 0.121 e. The Morgan fingerprint density at radius 1 is 0.667 bits per heavy atom. The molecule has 0 atom stereocenters. The van der Waals surface area contributed by atoms with E-state index in [1.807, 2.05) is 52.0 Å². The molecule has 2 aromatic carbocycles. The number of aryl methyl sites for hydroxylation is 4. The largest absolute Gasteiger partial charge is 0.508 e. The molecule has 0 saturated heterocycles. The van der Waals surface area contributed by atoms with Gasteiger partial charge in [-0.1, -0.05) is 35.4 Å². The van der Waals surface area contributed by atoms with Crippen LogP contribution in [0.4, 0.5) is 0 Å². The Balaban J connectivity index is 0.000000184. The van der Waals surface area contributed by atoms with E-state index >= 15 is 0 Å². The fourth-order valence-corrected chi connectivity index (χ4v) is 1.72. The molecule has 0 aliphatic carbocycles. The number of benzene rings is 2. The fourth-order valence-electron chi connectivity index (χ4n) is 1.72. The van der Waals surface area contributed by atoms with Gasteiger partial charge in [-0.15, -0.1) is 0 Å². The normalized spacial score (nSPS) is 9.56. The molecule has 96 valence electrons. The van der Waals surface area contributed by atoms with Crippen molar-refractivity contribution in [1.29, 1.82) is 0 Å². The molecule has 2 N–H and O–H groups in total. The quantitative estimate of drug-likeness (QED) is 0.735. The first-order valence-electron chi connectivity index (χ1n) is 5.92. The lowest BCUT2D eigenvalue weighted by Gasteiger charge is -2.03. The van der Waals surface area contributed by atoms with E-state index in [1.165, 1.54) is 11.1 Å². The predicted molar refractivity (Wildman–Crippen MR) is 75.2 cm³/mol. The van der Waals surface area contributed by atoms with Crippen LogP contribution in [-0.2, 0) is 0 Å². The van der Waals surface area contributed by atoms with Crippen molar-refractivity contribution in [2.75, 3.05) is 0 Å². The molecule has 2 nitrogen and oxygen atoms in total. The Morgan fingerprint density at radius 2 is 1.11 bits per heavy atom. The van der Waals surface area contributed by atoms with Crippen LogP contribution in [0.1, 0.15) is 22.3 Å². The summed E-state index contributed by atoms with van der Waals surface area (Å²) in [7, 11) is 0. The average molecular weight is 244 g/mol. The van der Waals surface area contributed by atoms with Crippen molar-refractivity contribution < 1.29 is 10.2 Å². The molecule has 0 fully saturated rings. The molecule has 0 saturated carbocycles. The molecule has 0 aromatic heterocycles. The molecule has 2 aromatic rings. The molecule has 0 aliphatic rings. The van der Waals surface area contributed by atoms with Crippen molar-refractivity contribution >= 4 is 0 Å². The highest BCUT2D eigenvalue weighted by Crippen LogP contribution is 2.21. The van der Waals surface area contributed by atoms with Gasteiger partial charge in [-0.05, 0) is 51.0 Å². The molecule has 18 heavy (non-hydrogen) atoms. The monoisotopic (exact) mass is 244 g/mol. The standard InChI is InChI=1S/C9H12O.C7H8O/c1-6-4-7(2)9(10)8(3)5-6;1-6-2-4-7(8)5-3-6/h4-5,10H,1-3H3;2-5,8H,1H3. The van der Waals surface area contributed by atoms with Crippen LogP contribution in [0, 0.1) is 27.7 Å². The molecular formula is C16H20O2. The Bertz CT molecular complexity index is 469. The third kappa shape index (κ3) is 4.13. The van der Waals surface area contributed by atoms with Crippen molar-refractivity contribution in [3.05, 3.63) is 58.7 Å². The van der Waals surface area contributed by atoms with Gasteiger partial charge in [0, 0.05) is 0 Å².